The van der Waals surface area contributed by atoms with Crippen LogP contribution in [0.25, 0.3) is 0 Å². The number of benzene rings is 1. The van der Waals surface area contributed by atoms with Crippen LogP contribution < -0.4 is 10.2 Å². The van der Waals surface area contributed by atoms with Gasteiger partial charge in [0.2, 0.25) is 5.76 Å². The molecule has 1 aromatic heterocycles. The topological polar surface area (TPSA) is 69.3 Å². The average Bonchev–Trinajstić information content (AvgIpc) is 3.24. The Bertz CT molecular complexity index is 697. The van der Waals surface area contributed by atoms with Crippen molar-refractivity contribution in [2.24, 2.45) is 0 Å². The van der Waals surface area contributed by atoms with Crippen LogP contribution >= 0.6 is 0 Å². The third-order valence-electron chi connectivity index (χ3n) is 4.08. The van der Waals surface area contributed by atoms with Gasteiger partial charge in [-0.15, -0.1) is 0 Å². The Hall–Kier alpha value is -2.74. The summed E-state index contributed by atoms with van der Waals surface area (Å²) < 4.78 is 5.42. The van der Waals surface area contributed by atoms with Gasteiger partial charge in [-0.05, 0) is 37.1 Å². The first-order valence-corrected chi connectivity index (χ1v) is 7.88. The minimum absolute atomic E-state index is 0.127. The van der Waals surface area contributed by atoms with Gasteiger partial charge in [-0.1, -0.05) is 31.0 Å². The summed E-state index contributed by atoms with van der Waals surface area (Å²) in [7, 11) is 0. The molecule has 1 N–H and O–H groups in total. The molecule has 1 saturated carbocycles. The van der Waals surface area contributed by atoms with E-state index in [0.29, 0.717) is 12.3 Å². The van der Waals surface area contributed by atoms with Gasteiger partial charge in [0.1, 0.15) is 11.8 Å². The number of rotatable bonds is 4. The molecular weight excluding hydrogens is 290 g/mol. The number of furan rings is 1. The summed E-state index contributed by atoms with van der Waals surface area (Å²) in [6.45, 7) is 0.296. The maximum absolute atomic E-state index is 12.7. The van der Waals surface area contributed by atoms with Crippen molar-refractivity contribution < 1.29 is 9.21 Å². The average molecular weight is 309 g/mol. The molecule has 0 spiro atoms. The standard InChI is InChI=1S/C18H19N3O2/c19-12-16-10-11-17(23-16)13-21(15-8-2-1-3-9-15)18(22)20-14-6-4-5-7-14/h1-3,8-11,14H,4-7,13H2,(H,20,22). The van der Waals surface area contributed by atoms with E-state index in [1.807, 2.05) is 36.4 Å². The predicted molar refractivity (Wildman–Crippen MR) is 86.8 cm³/mol. The summed E-state index contributed by atoms with van der Waals surface area (Å²) in [5, 5.41) is 12.0. The van der Waals surface area contributed by atoms with E-state index in [2.05, 4.69) is 5.32 Å². The lowest BCUT2D eigenvalue weighted by molar-refractivity contribution is 0.241. The molecule has 0 atom stereocenters. The third kappa shape index (κ3) is 3.72. The molecule has 1 aliphatic carbocycles. The third-order valence-corrected chi connectivity index (χ3v) is 4.08. The molecule has 1 heterocycles. The SMILES string of the molecule is N#Cc1ccc(CN(C(=O)NC2CCCC2)c2ccccc2)o1. The van der Waals surface area contributed by atoms with Gasteiger partial charge in [0.05, 0.1) is 6.54 Å². The van der Waals surface area contributed by atoms with Crippen LogP contribution in [0.2, 0.25) is 0 Å². The van der Waals surface area contributed by atoms with Gasteiger partial charge in [0, 0.05) is 11.7 Å². The number of carbonyl (C=O) groups excluding carboxylic acids is 1. The van der Waals surface area contributed by atoms with E-state index in [0.717, 1.165) is 18.5 Å². The number of para-hydroxylation sites is 1. The molecule has 118 valence electrons. The fraction of sp³-hybridized carbons (Fsp3) is 0.333. The number of carbonyl (C=O) groups is 1. The number of nitrogens with zero attached hydrogens (tertiary/aromatic N) is 2. The Labute approximate surface area is 135 Å². The van der Waals surface area contributed by atoms with Crippen molar-refractivity contribution in [2.45, 2.75) is 38.3 Å². The zero-order valence-corrected chi connectivity index (χ0v) is 12.9. The smallest absolute Gasteiger partial charge is 0.322 e. The van der Waals surface area contributed by atoms with Crippen molar-refractivity contribution in [3.05, 3.63) is 54.0 Å². The number of hydrogen-bond acceptors (Lipinski definition) is 3. The van der Waals surface area contributed by atoms with Gasteiger partial charge in [-0.2, -0.15) is 5.26 Å². The van der Waals surface area contributed by atoms with E-state index in [9.17, 15) is 4.79 Å². The number of hydrogen-bond donors (Lipinski definition) is 1. The van der Waals surface area contributed by atoms with Gasteiger partial charge < -0.3 is 9.73 Å². The maximum atomic E-state index is 12.7. The van der Waals surface area contributed by atoms with Crippen LogP contribution in [-0.4, -0.2) is 12.1 Å². The first-order valence-electron chi connectivity index (χ1n) is 7.88. The zero-order valence-electron chi connectivity index (χ0n) is 12.9. The summed E-state index contributed by atoms with van der Waals surface area (Å²) in [4.78, 5) is 14.3. The number of amides is 2. The van der Waals surface area contributed by atoms with Crippen molar-refractivity contribution in [1.29, 1.82) is 5.26 Å². The molecular formula is C18H19N3O2. The Morgan fingerprint density at radius 3 is 2.61 bits per heavy atom. The van der Waals surface area contributed by atoms with Crippen molar-refractivity contribution in [3.8, 4) is 6.07 Å². The second kappa shape index (κ2) is 7.01. The molecule has 23 heavy (non-hydrogen) atoms. The number of nitriles is 1. The van der Waals surface area contributed by atoms with Crippen molar-refractivity contribution in [1.82, 2.24) is 5.32 Å². The maximum Gasteiger partial charge on any atom is 0.322 e. The Balaban J connectivity index is 1.78. The fourth-order valence-corrected chi connectivity index (χ4v) is 2.89. The lowest BCUT2D eigenvalue weighted by Crippen LogP contribution is -2.43. The van der Waals surface area contributed by atoms with Crippen LogP contribution in [0.15, 0.2) is 46.9 Å². The second-order valence-corrected chi connectivity index (χ2v) is 5.73. The Morgan fingerprint density at radius 1 is 1.22 bits per heavy atom. The molecule has 2 aromatic rings. The van der Waals surface area contributed by atoms with Crippen LogP contribution in [0.5, 0.6) is 0 Å². The number of anilines is 1. The van der Waals surface area contributed by atoms with Crippen LogP contribution in [0, 0.1) is 11.3 Å². The summed E-state index contributed by atoms with van der Waals surface area (Å²) in [6.07, 6.45) is 4.40. The van der Waals surface area contributed by atoms with E-state index in [-0.39, 0.29) is 17.8 Å². The van der Waals surface area contributed by atoms with Crippen molar-refractivity contribution in [2.75, 3.05) is 4.90 Å². The first-order chi connectivity index (χ1) is 11.3. The summed E-state index contributed by atoms with van der Waals surface area (Å²) in [5.41, 5.74) is 0.804. The molecule has 5 heteroatoms. The lowest BCUT2D eigenvalue weighted by atomic mass is 10.2. The van der Waals surface area contributed by atoms with Gasteiger partial charge in [-0.3, -0.25) is 4.90 Å². The van der Waals surface area contributed by atoms with E-state index >= 15 is 0 Å². The predicted octanol–water partition coefficient (Wildman–Crippen LogP) is 3.81. The van der Waals surface area contributed by atoms with Crippen LogP contribution in [0.1, 0.15) is 37.2 Å². The van der Waals surface area contributed by atoms with Gasteiger partial charge >= 0.3 is 6.03 Å². The molecule has 1 aromatic carbocycles. The molecule has 2 amide bonds. The molecule has 1 aliphatic rings. The normalized spacial score (nSPS) is 14.4. The minimum Gasteiger partial charge on any atom is -0.449 e. The summed E-state index contributed by atoms with van der Waals surface area (Å²) in [5.74, 6) is 0.844. The molecule has 0 unspecified atom stereocenters. The van der Waals surface area contributed by atoms with E-state index in [1.54, 1.807) is 17.0 Å². The zero-order chi connectivity index (χ0) is 16.1. The van der Waals surface area contributed by atoms with Gasteiger partial charge in [0.15, 0.2) is 0 Å². The Morgan fingerprint density at radius 2 is 1.96 bits per heavy atom. The minimum atomic E-state index is -0.127. The van der Waals surface area contributed by atoms with Crippen LogP contribution in [0.3, 0.4) is 0 Å². The Kier molecular flexibility index (Phi) is 4.62. The van der Waals surface area contributed by atoms with E-state index in [1.165, 1.54) is 12.8 Å². The van der Waals surface area contributed by atoms with Crippen molar-refractivity contribution in [3.63, 3.8) is 0 Å². The van der Waals surface area contributed by atoms with Gasteiger partial charge in [0.25, 0.3) is 0 Å². The molecule has 0 aliphatic heterocycles. The highest BCUT2D eigenvalue weighted by molar-refractivity contribution is 5.92. The number of urea groups is 1. The molecule has 0 bridgehead atoms. The molecule has 0 saturated heterocycles. The first kappa shape index (κ1) is 15.2. The van der Waals surface area contributed by atoms with Crippen LogP contribution in [-0.2, 0) is 6.54 Å². The van der Waals surface area contributed by atoms with Crippen molar-refractivity contribution >= 4 is 11.7 Å². The van der Waals surface area contributed by atoms with E-state index < -0.39 is 0 Å². The highest BCUT2D eigenvalue weighted by Crippen LogP contribution is 2.21. The summed E-state index contributed by atoms with van der Waals surface area (Å²) in [6, 6.07) is 14.9. The highest BCUT2D eigenvalue weighted by Gasteiger charge is 2.23. The quantitative estimate of drug-likeness (QED) is 0.933. The molecule has 3 rings (SSSR count). The second-order valence-electron chi connectivity index (χ2n) is 5.73. The molecule has 5 nitrogen and oxygen atoms in total. The van der Waals surface area contributed by atoms with E-state index in [4.69, 9.17) is 9.68 Å². The lowest BCUT2D eigenvalue weighted by Gasteiger charge is -2.24. The number of nitrogens with one attached hydrogen (secondary N) is 1. The van der Waals surface area contributed by atoms with Gasteiger partial charge in [-0.25, -0.2) is 4.79 Å². The summed E-state index contributed by atoms with van der Waals surface area (Å²) >= 11 is 0. The molecule has 0 radical (unpaired) electrons. The van der Waals surface area contributed by atoms with Crippen LogP contribution in [0.4, 0.5) is 10.5 Å². The monoisotopic (exact) mass is 309 g/mol. The largest absolute Gasteiger partial charge is 0.449 e. The fourth-order valence-electron chi connectivity index (χ4n) is 2.89. The highest BCUT2D eigenvalue weighted by atomic mass is 16.3. The molecule has 1 fully saturated rings.